The average molecular weight is 300 g/mol. The quantitative estimate of drug-likeness (QED) is 0.900. The molecule has 0 aliphatic heterocycles. The fourth-order valence-corrected chi connectivity index (χ4v) is 2.31. The summed E-state index contributed by atoms with van der Waals surface area (Å²) in [7, 11) is 0. The zero-order chi connectivity index (χ0) is 15.7. The molecule has 114 valence electrons. The van der Waals surface area contributed by atoms with Gasteiger partial charge >= 0.3 is 5.97 Å². The minimum Gasteiger partial charge on any atom is -0.480 e. The van der Waals surface area contributed by atoms with E-state index in [-0.39, 0.29) is 17.6 Å². The zero-order valence-electron chi connectivity index (χ0n) is 12.1. The van der Waals surface area contributed by atoms with Crippen molar-refractivity contribution in [2.75, 3.05) is 0 Å². The van der Waals surface area contributed by atoms with Gasteiger partial charge in [0.1, 0.15) is 6.04 Å². The molecule has 1 aromatic heterocycles. The lowest BCUT2D eigenvalue weighted by molar-refractivity contribution is -0.141. The third-order valence-electron chi connectivity index (χ3n) is 3.65. The molecule has 2 aromatic rings. The summed E-state index contributed by atoms with van der Waals surface area (Å²) in [4.78, 5) is 26.5. The van der Waals surface area contributed by atoms with Gasteiger partial charge in [-0.2, -0.15) is 9.90 Å². The first-order chi connectivity index (χ1) is 10.6. The van der Waals surface area contributed by atoms with Crippen LogP contribution in [0.2, 0.25) is 0 Å². The molecular weight excluding hydrogens is 284 g/mol. The van der Waals surface area contributed by atoms with E-state index >= 15 is 0 Å². The number of rotatable bonds is 5. The van der Waals surface area contributed by atoms with E-state index in [0.29, 0.717) is 0 Å². The number of amides is 1. The van der Waals surface area contributed by atoms with Crippen molar-refractivity contribution in [3.8, 4) is 5.69 Å². The van der Waals surface area contributed by atoms with Crippen LogP contribution in [0.15, 0.2) is 36.5 Å². The molecule has 1 aliphatic carbocycles. The molecule has 1 aromatic carbocycles. The highest BCUT2D eigenvalue weighted by molar-refractivity contribution is 5.95. The molecule has 0 radical (unpaired) electrons. The number of para-hydroxylation sites is 1. The molecule has 0 bridgehead atoms. The Morgan fingerprint density at radius 2 is 2.00 bits per heavy atom. The standard InChI is InChI=1S/C15H16N4O3/c1-10(15(21)22)18(11-7-8-11)14(20)13-9-16-19(17-13)12-5-3-2-4-6-12/h2-6,9-11H,7-8H2,1H3,(H,21,22). The minimum absolute atomic E-state index is 0.0134. The fraction of sp³-hybridized carbons (Fsp3) is 0.333. The molecule has 7 nitrogen and oxygen atoms in total. The normalized spacial score (nSPS) is 15.3. The van der Waals surface area contributed by atoms with Crippen LogP contribution >= 0.6 is 0 Å². The summed E-state index contributed by atoms with van der Waals surface area (Å²) < 4.78 is 0. The summed E-state index contributed by atoms with van der Waals surface area (Å²) in [6.07, 6.45) is 3.03. The van der Waals surface area contributed by atoms with Crippen LogP contribution in [-0.4, -0.2) is 49.0 Å². The second kappa shape index (κ2) is 5.59. The number of benzene rings is 1. The molecular formula is C15H16N4O3. The van der Waals surface area contributed by atoms with Crippen LogP contribution in [0.5, 0.6) is 0 Å². The van der Waals surface area contributed by atoms with Crippen molar-refractivity contribution in [3.63, 3.8) is 0 Å². The Morgan fingerprint density at radius 1 is 1.32 bits per heavy atom. The van der Waals surface area contributed by atoms with Gasteiger partial charge in [-0.25, -0.2) is 4.79 Å². The Morgan fingerprint density at radius 3 is 2.59 bits per heavy atom. The molecule has 1 N–H and O–H groups in total. The number of hydrogen-bond acceptors (Lipinski definition) is 4. The van der Waals surface area contributed by atoms with E-state index in [0.717, 1.165) is 18.5 Å². The number of carbonyl (C=O) groups is 2. The summed E-state index contributed by atoms with van der Waals surface area (Å²) in [6, 6.07) is 8.34. The number of carboxylic acids is 1. The zero-order valence-corrected chi connectivity index (χ0v) is 12.1. The van der Waals surface area contributed by atoms with Crippen molar-refractivity contribution in [2.45, 2.75) is 31.8 Å². The van der Waals surface area contributed by atoms with E-state index in [1.165, 1.54) is 22.8 Å². The van der Waals surface area contributed by atoms with Crippen molar-refractivity contribution in [2.24, 2.45) is 0 Å². The number of aliphatic carboxylic acids is 1. The Hall–Kier alpha value is -2.70. The smallest absolute Gasteiger partial charge is 0.326 e. The molecule has 1 amide bonds. The van der Waals surface area contributed by atoms with E-state index < -0.39 is 12.0 Å². The molecule has 0 spiro atoms. The van der Waals surface area contributed by atoms with Gasteiger partial charge < -0.3 is 10.0 Å². The Kier molecular flexibility index (Phi) is 3.62. The molecule has 0 saturated heterocycles. The van der Waals surface area contributed by atoms with Gasteiger partial charge in [0, 0.05) is 6.04 Å². The lowest BCUT2D eigenvalue weighted by Crippen LogP contribution is -2.44. The molecule has 1 aliphatic rings. The maximum Gasteiger partial charge on any atom is 0.326 e. The lowest BCUT2D eigenvalue weighted by atomic mass is 10.2. The number of carbonyl (C=O) groups excluding carboxylic acids is 1. The Bertz CT molecular complexity index is 694. The van der Waals surface area contributed by atoms with Crippen LogP contribution in [0.1, 0.15) is 30.3 Å². The molecule has 1 unspecified atom stereocenters. The van der Waals surface area contributed by atoms with Crippen LogP contribution in [0.3, 0.4) is 0 Å². The number of hydrogen-bond donors (Lipinski definition) is 1. The van der Waals surface area contributed by atoms with Crippen molar-refractivity contribution in [3.05, 3.63) is 42.2 Å². The van der Waals surface area contributed by atoms with Crippen LogP contribution in [0.25, 0.3) is 5.69 Å². The van der Waals surface area contributed by atoms with Crippen LogP contribution in [-0.2, 0) is 4.79 Å². The predicted octanol–water partition coefficient (Wildman–Crippen LogP) is 1.35. The van der Waals surface area contributed by atoms with E-state index in [1.807, 2.05) is 30.3 Å². The third kappa shape index (κ3) is 2.69. The van der Waals surface area contributed by atoms with Crippen molar-refractivity contribution < 1.29 is 14.7 Å². The van der Waals surface area contributed by atoms with E-state index in [9.17, 15) is 14.7 Å². The maximum absolute atomic E-state index is 12.6. The second-order valence-electron chi connectivity index (χ2n) is 5.31. The van der Waals surface area contributed by atoms with E-state index in [2.05, 4.69) is 10.2 Å². The van der Waals surface area contributed by atoms with Gasteiger partial charge in [-0.05, 0) is 31.9 Å². The van der Waals surface area contributed by atoms with E-state index in [4.69, 9.17) is 0 Å². The highest BCUT2D eigenvalue weighted by Gasteiger charge is 2.39. The summed E-state index contributed by atoms with van der Waals surface area (Å²) >= 11 is 0. The first-order valence-corrected chi connectivity index (χ1v) is 7.11. The fourth-order valence-electron chi connectivity index (χ4n) is 2.31. The number of nitrogens with zero attached hydrogens (tertiary/aromatic N) is 4. The highest BCUT2D eigenvalue weighted by Crippen LogP contribution is 2.30. The first kappa shape index (κ1) is 14.2. The SMILES string of the molecule is CC(C(=O)O)N(C(=O)c1cnn(-c2ccccc2)n1)C1CC1. The van der Waals surface area contributed by atoms with Crippen molar-refractivity contribution in [1.29, 1.82) is 0 Å². The minimum atomic E-state index is -1.02. The lowest BCUT2D eigenvalue weighted by Gasteiger charge is -2.25. The van der Waals surface area contributed by atoms with Gasteiger partial charge in [0.2, 0.25) is 0 Å². The topological polar surface area (TPSA) is 88.3 Å². The monoisotopic (exact) mass is 300 g/mol. The predicted molar refractivity (Wildman–Crippen MR) is 77.6 cm³/mol. The molecule has 1 fully saturated rings. The third-order valence-corrected chi connectivity index (χ3v) is 3.65. The number of aromatic nitrogens is 3. The van der Waals surface area contributed by atoms with Crippen molar-refractivity contribution >= 4 is 11.9 Å². The van der Waals surface area contributed by atoms with Crippen molar-refractivity contribution in [1.82, 2.24) is 19.9 Å². The Balaban J connectivity index is 1.85. The van der Waals surface area contributed by atoms with Gasteiger partial charge in [0.15, 0.2) is 5.69 Å². The molecule has 7 heteroatoms. The second-order valence-corrected chi connectivity index (χ2v) is 5.31. The van der Waals surface area contributed by atoms with E-state index in [1.54, 1.807) is 0 Å². The summed E-state index contributed by atoms with van der Waals surface area (Å²) in [5.74, 6) is -1.41. The van der Waals surface area contributed by atoms with Gasteiger partial charge in [-0.3, -0.25) is 4.79 Å². The first-order valence-electron chi connectivity index (χ1n) is 7.11. The average Bonchev–Trinajstić information content (AvgIpc) is 3.23. The van der Waals surface area contributed by atoms with Gasteiger partial charge in [0.25, 0.3) is 5.91 Å². The molecule has 3 rings (SSSR count). The molecule has 1 heterocycles. The summed E-state index contributed by atoms with van der Waals surface area (Å²) in [5.41, 5.74) is 0.898. The number of carboxylic acid groups (broad SMARTS) is 1. The van der Waals surface area contributed by atoms with Gasteiger partial charge in [-0.15, -0.1) is 5.10 Å². The highest BCUT2D eigenvalue weighted by atomic mass is 16.4. The Labute approximate surface area is 127 Å². The van der Waals surface area contributed by atoms with Crippen LogP contribution < -0.4 is 0 Å². The summed E-state index contributed by atoms with van der Waals surface area (Å²) in [5, 5.41) is 17.4. The summed E-state index contributed by atoms with van der Waals surface area (Å²) in [6.45, 7) is 1.51. The molecule has 1 atom stereocenters. The van der Waals surface area contributed by atoms with Crippen LogP contribution in [0, 0.1) is 0 Å². The maximum atomic E-state index is 12.6. The van der Waals surface area contributed by atoms with Crippen LogP contribution in [0.4, 0.5) is 0 Å². The largest absolute Gasteiger partial charge is 0.480 e. The van der Waals surface area contributed by atoms with Gasteiger partial charge in [0.05, 0.1) is 11.9 Å². The molecule has 22 heavy (non-hydrogen) atoms. The molecule has 1 saturated carbocycles. The van der Waals surface area contributed by atoms with Gasteiger partial charge in [-0.1, -0.05) is 18.2 Å².